The third-order valence-electron chi connectivity index (χ3n) is 7.21. The molecular weight excluding hydrogens is 380 g/mol. The number of methoxy groups -OCH3 is 1. The van der Waals surface area contributed by atoms with Crippen LogP contribution >= 0.6 is 0 Å². The van der Waals surface area contributed by atoms with Crippen molar-refractivity contribution in [2.24, 2.45) is 17.8 Å². The van der Waals surface area contributed by atoms with E-state index in [0.29, 0.717) is 6.61 Å². The van der Waals surface area contributed by atoms with Gasteiger partial charge in [-0.25, -0.2) is 9.59 Å². The molecule has 0 aromatic rings. The van der Waals surface area contributed by atoms with Gasteiger partial charge < -0.3 is 20.1 Å². The van der Waals surface area contributed by atoms with Crippen LogP contribution in [0.2, 0.25) is 0 Å². The number of ether oxygens (including phenoxy) is 2. The van der Waals surface area contributed by atoms with Gasteiger partial charge in [0.15, 0.2) is 0 Å². The SMILES string of the molecule is CCC(C)CCCCOC(=O)NC1CCC(CC2CCC(NC(=O)OC)CC2)CC1. The summed E-state index contributed by atoms with van der Waals surface area (Å²) in [6.07, 6.45) is 14.3. The summed E-state index contributed by atoms with van der Waals surface area (Å²) in [5.74, 6) is 2.31. The van der Waals surface area contributed by atoms with Gasteiger partial charge in [0, 0.05) is 12.1 Å². The average molecular weight is 425 g/mol. The molecule has 0 aliphatic heterocycles. The predicted octanol–water partition coefficient (Wildman–Crippen LogP) is 5.79. The molecule has 0 bridgehead atoms. The molecular formula is C24H44N2O4. The summed E-state index contributed by atoms with van der Waals surface area (Å²) in [6.45, 7) is 5.03. The lowest BCUT2D eigenvalue weighted by molar-refractivity contribution is 0.133. The molecule has 2 aliphatic rings. The minimum Gasteiger partial charge on any atom is -0.453 e. The summed E-state index contributed by atoms with van der Waals surface area (Å²) in [5.41, 5.74) is 0. The minimum atomic E-state index is -0.311. The lowest BCUT2D eigenvalue weighted by Gasteiger charge is -2.34. The third kappa shape index (κ3) is 9.57. The summed E-state index contributed by atoms with van der Waals surface area (Å²) in [7, 11) is 1.42. The van der Waals surface area contributed by atoms with Crippen LogP contribution in [0.3, 0.4) is 0 Å². The van der Waals surface area contributed by atoms with Crippen molar-refractivity contribution in [3.63, 3.8) is 0 Å². The van der Waals surface area contributed by atoms with Gasteiger partial charge in [-0.05, 0) is 88.4 Å². The normalized spacial score (nSPS) is 27.7. The van der Waals surface area contributed by atoms with E-state index in [4.69, 9.17) is 9.47 Å². The average Bonchev–Trinajstić information content (AvgIpc) is 2.76. The zero-order chi connectivity index (χ0) is 21.8. The van der Waals surface area contributed by atoms with Crippen LogP contribution in [-0.4, -0.2) is 38.0 Å². The highest BCUT2D eigenvalue weighted by Gasteiger charge is 2.28. The molecule has 2 saturated carbocycles. The number of carbonyl (C=O) groups is 2. The zero-order valence-electron chi connectivity index (χ0n) is 19.4. The van der Waals surface area contributed by atoms with Gasteiger partial charge in [-0.15, -0.1) is 0 Å². The fourth-order valence-corrected chi connectivity index (χ4v) is 4.95. The van der Waals surface area contributed by atoms with E-state index >= 15 is 0 Å². The van der Waals surface area contributed by atoms with E-state index in [9.17, 15) is 9.59 Å². The van der Waals surface area contributed by atoms with Gasteiger partial charge in [0.2, 0.25) is 0 Å². The molecule has 6 nitrogen and oxygen atoms in total. The predicted molar refractivity (Wildman–Crippen MR) is 119 cm³/mol. The summed E-state index contributed by atoms with van der Waals surface area (Å²) in [6, 6.07) is 0.545. The molecule has 1 unspecified atom stereocenters. The van der Waals surface area contributed by atoms with Crippen molar-refractivity contribution in [2.45, 2.75) is 109 Å². The molecule has 30 heavy (non-hydrogen) atoms. The fraction of sp³-hybridized carbons (Fsp3) is 0.917. The summed E-state index contributed by atoms with van der Waals surface area (Å²) >= 11 is 0. The molecule has 0 spiro atoms. The molecule has 2 aliphatic carbocycles. The van der Waals surface area contributed by atoms with Crippen molar-refractivity contribution in [1.29, 1.82) is 0 Å². The van der Waals surface area contributed by atoms with Crippen LogP contribution < -0.4 is 10.6 Å². The quantitative estimate of drug-likeness (QED) is 0.435. The molecule has 2 rings (SSSR count). The monoisotopic (exact) mass is 424 g/mol. The Kier molecular flexibility index (Phi) is 11.4. The summed E-state index contributed by atoms with van der Waals surface area (Å²) in [4.78, 5) is 23.4. The van der Waals surface area contributed by atoms with Crippen LogP contribution in [0.4, 0.5) is 9.59 Å². The van der Waals surface area contributed by atoms with Crippen molar-refractivity contribution in [3.05, 3.63) is 0 Å². The second-order valence-electron chi connectivity index (χ2n) is 9.60. The van der Waals surface area contributed by atoms with Crippen LogP contribution in [0.25, 0.3) is 0 Å². The van der Waals surface area contributed by atoms with Crippen molar-refractivity contribution >= 4 is 12.2 Å². The van der Waals surface area contributed by atoms with Gasteiger partial charge in [-0.3, -0.25) is 0 Å². The maximum Gasteiger partial charge on any atom is 0.407 e. The van der Waals surface area contributed by atoms with Crippen molar-refractivity contribution in [2.75, 3.05) is 13.7 Å². The summed E-state index contributed by atoms with van der Waals surface area (Å²) in [5, 5.41) is 6.00. The Bertz CT molecular complexity index is 497. The lowest BCUT2D eigenvalue weighted by atomic mass is 9.76. The Balaban J connectivity index is 1.52. The van der Waals surface area contributed by atoms with Gasteiger partial charge in [0.05, 0.1) is 13.7 Å². The maximum absolute atomic E-state index is 12.0. The minimum absolute atomic E-state index is 0.238. The molecule has 6 heteroatoms. The maximum atomic E-state index is 12.0. The largest absolute Gasteiger partial charge is 0.453 e. The second-order valence-corrected chi connectivity index (χ2v) is 9.60. The Morgan fingerprint density at radius 3 is 1.90 bits per heavy atom. The zero-order valence-corrected chi connectivity index (χ0v) is 19.4. The van der Waals surface area contributed by atoms with Crippen LogP contribution in [-0.2, 0) is 9.47 Å². The van der Waals surface area contributed by atoms with Gasteiger partial charge in [-0.2, -0.15) is 0 Å². The number of hydrogen-bond donors (Lipinski definition) is 2. The van der Waals surface area contributed by atoms with Crippen LogP contribution in [0.5, 0.6) is 0 Å². The number of alkyl carbamates (subject to hydrolysis) is 2. The number of rotatable bonds is 10. The first-order valence-corrected chi connectivity index (χ1v) is 12.3. The highest BCUT2D eigenvalue weighted by atomic mass is 16.5. The smallest absolute Gasteiger partial charge is 0.407 e. The summed E-state index contributed by atoms with van der Waals surface area (Å²) < 4.78 is 10.1. The Hall–Kier alpha value is -1.46. The van der Waals surface area contributed by atoms with E-state index in [1.54, 1.807) is 0 Å². The fourth-order valence-electron chi connectivity index (χ4n) is 4.95. The van der Waals surface area contributed by atoms with Crippen LogP contribution in [0.15, 0.2) is 0 Å². The van der Waals surface area contributed by atoms with Crippen LogP contribution in [0.1, 0.15) is 97.3 Å². The molecule has 0 heterocycles. The highest BCUT2D eigenvalue weighted by molar-refractivity contribution is 5.67. The Labute approximate surface area is 183 Å². The number of amides is 2. The molecule has 1 atom stereocenters. The van der Waals surface area contributed by atoms with Crippen molar-refractivity contribution < 1.29 is 19.1 Å². The number of carbonyl (C=O) groups excluding carboxylic acids is 2. The third-order valence-corrected chi connectivity index (χ3v) is 7.21. The van der Waals surface area contributed by atoms with E-state index in [1.165, 1.54) is 52.1 Å². The first kappa shape index (κ1) is 24.8. The van der Waals surface area contributed by atoms with Gasteiger partial charge in [0.25, 0.3) is 0 Å². The van der Waals surface area contributed by atoms with Crippen molar-refractivity contribution in [1.82, 2.24) is 10.6 Å². The number of nitrogens with one attached hydrogen (secondary N) is 2. The first-order chi connectivity index (χ1) is 14.5. The van der Waals surface area contributed by atoms with Gasteiger partial charge in [0.1, 0.15) is 0 Å². The second kappa shape index (κ2) is 13.8. The van der Waals surface area contributed by atoms with Gasteiger partial charge in [-0.1, -0.05) is 26.7 Å². The van der Waals surface area contributed by atoms with E-state index in [2.05, 4.69) is 24.5 Å². The lowest BCUT2D eigenvalue weighted by Crippen LogP contribution is -2.39. The number of unbranched alkanes of at least 4 members (excludes halogenated alkanes) is 1. The number of hydrogen-bond acceptors (Lipinski definition) is 4. The van der Waals surface area contributed by atoms with Gasteiger partial charge >= 0.3 is 12.2 Å². The topological polar surface area (TPSA) is 76.7 Å². The molecule has 2 amide bonds. The molecule has 0 aromatic heterocycles. The Morgan fingerprint density at radius 1 is 0.867 bits per heavy atom. The molecule has 0 saturated heterocycles. The van der Waals surface area contributed by atoms with Crippen LogP contribution in [0, 0.1) is 17.8 Å². The molecule has 174 valence electrons. The van der Waals surface area contributed by atoms with E-state index in [-0.39, 0.29) is 24.3 Å². The first-order valence-electron chi connectivity index (χ1n) is 12.3. The molecule has 0 radical (unpaired) electrons. The highest BCUT2D eigenvalue weighted by Crippen LogP contribution is 2.35. The van der Waals surface area contributed by atoms with E-state index in [0.717, 1.165) is 56.3 Å². The molecule has 2 fully saturated rings. The van der Waals surface area contributed by atoms with Crippen molar-refractivity contribution in [3.8, 4) is 0 Å². The molecule has 0 aromatic carbocycles. The standard InChI is InChI=1S/C24H44N2O4/c1-4-18(2)7-5-6-16-30-24(28)26-22-14-10-20(11-15-22)17-19-8-12-21(13-9-19)25-23(27)29-3/h18-22H,4-17H2,1-3H3,(H,25,27)(H,26,28). The Morgan fingerprint density at radius 2 is 1.40 bits per heavy atom. The van der Waals surface area contributed by atoms with E-state index in [1.807, 2.05) is 0 Å². The van der Waals surface area contributed by atoms with E-state index < -0.39 is 0 Å². The molecule has 2 N–H and O–H groups in total.